The van der Waals surface area contributed by atoms with Gasteiger partial charge < -0.3 is 9.47 Å². The Morgan fingerprint density at radius 2 is 1.88 bits per heavy atom. The molecule has 0 radical (unpaired) electrons. The molecule has 2 rings (SSSR count). The van der Waals surface area contributed by atoms with E-state index >= 15 is 0 Å². The number of benzene rings is 1. The highest BCUT2D eigenvalue weighted by Crippen LogP contribution is 2.11. The van der Waals surface area contributed by atoms with Crippen LogP contribution >= 0.6 is 0 Å². The van der Waals surface area contributed by atoms with Crippen LogP contribution < -0.4 is 9.47 Å². The molecule has 0 aliphatic rings. The summed E-state index contributed by atoms with van der Waals surface area (Å²) in [6.45, 7) is 1.92. The highest BCUT2D eigenvalue weighted by Gasteiger charge is 2.06. The number of rotatable bonds is 5. The molecule has 5 nitrogen and oxygen atoms in total. The second-order valence-corrected chi connectivity index (χ2v) is 4.66. The molecule has 0 amide bonds. The maximum absolute atomic E-state index is 8.14. The summed E-state index contributed by atoms with van der Waals surface area (Å²) in [6, 6.07) is 14.5. The predicted octanol–water partition coefficient (Wildman–Crippen LogP) is 4.03. The number of ether oxygens (including phenoxy) is 2. The van der Waals surface area contributed by atoms with E-state index in [1.807, 2.05) is 49.4 Å². The normalized spacial score (nSPS) is 11.8. The van der Waals surface area contributed by atoms with Gasteiger partial charge in [-0.3, -0.25) is 5.41 Å². The lowest BCUT2D eigenvalue weighted by molar-refractivity contribution is 0.397. The van der Waals surface area contributed by atoms with Crippen LogP contribution in [0.4, 0.5) is 0 Å². The largest absolute Gasteiger partial charge is 0.481 e. The standard InChI is InChI=1S/C19H19N3O2/c1-3-4-6-13-18(24-15-10-7-5-8-11-15)22-19(20)16-12-9-14-17(21-16)23-2/h3-14,20H,1-2H3/b4-3+,13-6+,20-19?,22-18+. The summed E-state index contributed by atoms with van der Waals surface area (Å²) in [5.41, 5.74) is 0.406. The van der Waals surface area contributed by atoms with Crippen LogP contribution in [0.3, 0.4) is 0 Å². The lowest BCUT2D eigenvalue weighted by Gasteiger charge is -2.06. The summed E-state index contributed by atoms with van der Waals surface area (Å²) >= 11 is 0. The number of allylic oxidation sites excluding steroid dienone is 3. The fourth-order valence-corrected chi connectivity index (χ4v) is 1.78. The Labute approximate surface area is 141 Å². The number of nitrogens with one attached hydrogen (secondary N) is 1. The van der Waals surface area contributed by atoms with Gasteiger partial charge in [0.15, 0.2) is 5.84 Å². The van der Waals surface area contributed by atoms with Crippen LogP contribution in [0.5, 0.6) is 11.6 Å². The molecule has 0 atom stereocenters. The number of methoxy groups -OCH3 is 1. The van der Waals surface area contributed by atoms with Crippen molar-refractivity contribution < 1.29 is 9.47 Å². The molecule has 1 aromatic heterocycles. The molecule has 0 aliphatic carbocycles. The maximum Gasteiger partial charge on any atom is 0.221 e. The van der Waals surface area contributed by atoms with Crippen molar-refractivity contribution in [3.8, 4) is 11.6 Å². The third-order valence-corrected chi connectivity index (χ3v) is 2.91. The summed E-state index contributed by atoms with van der Waals surface area (Å²) in [5.74, 6) is 1.37. The molecule has 0 fully saturated rings. The third kappa shape index (κ3) is 5.21. The average Bonchev–Trinajstić information content (AvgIpc) is 2.62. The minimum Gasteiger partial charge on any atom is -0.481 e. The second-order valence-electron chi connectivity index (χ2n) is 4.66. The second kappa shape index (κ2) is 9.05. The third-order valence-electron chi connectivity index (χ3n) is 2.91. The van der Waals surface area contributed by atoms with E-state index in [0.29, 0.717) is 23.2 Å². The molecule has 2 aromatic rings. The zero-order chi connectivity index (χ0) is 17.2. The molecule has 122 valence electrons. The van der Waals surface area contributed by atoms with Crippen LogP contribution in [-0.4, -0.2) is 23.8 Å². The summed E-state index contributed by atoms with van der Waals surface area (Å²) < 4.78 is 10.8. The number of pyridine rings is 1. The molecule has 0 saturated carbocycles. The highest BCUT2D eigenvalue weighted by atomic mass is 16.5. The van der Waals surface area contributed by atoms with Crippen molar-refractivity contribution in [2.75, 3.05) is 7.11 Å². The zero-order valence-corrected chi connectivity index (χ0v) is 13.6. The van der Waals surface area contributed by atoms with E-state index in [0.717, 1.165) is 0 Å². The molecule has 0 bridgehead atoms. The fourth-order valence-electron chi connectivity index (χ4n) is 1.78. The van der Waals surface area contributed by atoms with Gasteiger partial charge in [-0.2, -0.15) is 4.99 Å². The van der Waals surface area contributed by atoms with Crippen molar-refractivity contribution in [2.24, 2.45) is 4.99 Å². The number of amidine groups is 1. The first kappa shape index (κ1) is 17.1. The first-order chi connectivity index (χ1) is 11.7. The van der Waals surface area contributed by atoms with Crippen LogP contribution in [0, 0.1) is 5.41 Å². The molecule has 24 heavy (non-hydrogen) atoms. The Hall–Kier alpha value is -3.21. The van der Waals surface area contributed by atoms with Crippen molar-refractivity contribution in [3.05, 3.63) is 78.5 Å². The Morgan fingerprint density at radius 1 is 1.08 bits per heavy atom. The van der Waals surface area contributed by atoms with Crippen LogP contribution in [0.15, 0.2) is 77.8 Å². The van der Waals surface area contributed by atoms with Gasteiger partial charge in [-0.25, -0.2) is 4.98 Å². The van der Waals surface area contributed by atoms with Crippen molar-refractivity contribution in [2.45, 2.75) is 6.92 Å². The van der Waals surface area contributed by atoms with Crippen molar-refractivity contribution in [1.29, 1.82) is 5.41 Å². The van der Waals surface area contributed by atoms with Gasteiger partial charge in [0.2, 0.25) is 11.8 Å². The van der Waals surface area contributed by atoms with E-state index in [-0.39, 0.29) is 5.84 Å². The quantitative estimate of drug-likeness (QED) is 0.514. The van der Waals surface area contributed by atoms with Gasteiger partial charge in [-0.1, -0.05) is 42.5 Å². The lowest BCUT2D eigenvalue weighted by atomic mass is 10.3. The van der Waals surface area contributed by atoms with E-state index in [4.69, 9.17) is 14.9 Å². The molecule has 0 saturated heterocycles. The van der Waals surface area contributed by atoms with E-state index < -0.39 is 0 Å². The monoisotopic (exact) mass is 321 g/mol. The molecule has 0 unspecified atom stereocenters. The minimum atomic E-state index is -0.00930. The first-order valence-corrected chi connectivity index (χ1v) is 7.44. The minimum absolute atomic E-state index is 0.00930. The Morgan fingerprint density at radius 3 is 2.58 bits per heavy atom. The van der Waals surface area contributed by atoms with Gasteiger partial charge in [-0.15, -0.1) is 0 Å². The van der Waals surface area contributed by atoms with E-state index in [1.165, 1.54) is 7.11 Å². The number of aromatic nitrogens is 1. The van der Waals surface area contributed by atoms with Crippen molar-refractivity contribution in [1.82, 2.24) is 4.98 Å². The average molecular weight is 321 g/mol. The zero-order valence-electron chi connectivity index (χ0n) is 13.6. The Bertz CT molecular complexity index is 765. The topological polar surface area (TPSA) is 67.6 Å². The maximum atomic E-state index is 8.14. The number of hydrogen-bond donors (Lipinski definition) is 1. The first-order valence-electron chi connectivity index (χ1n) is 7.44. The highest BCUT2D eigenvalue weighted by molar-refractivity contribution is 6.05. The summed E-state index contributed by atoms with van der Waals surface area (Å²) in [7, 11) is 1.53. The molecular weight excluding hydrogens is 302 g/mol. The molecule has 0 aliphatic heterocycles. The van der Waals surface area contributed by atoms with Crippen LogP contribution in [0.25, 0.3) is 0 Å². The van der Waals surface area contributed by atoms with Gasteiger partial charge in [0, 0.05) is 12.1 Å². The predicted molar refractivity (Wildman–Crippen MR) is 96.1 cm³/mol. The van der Waals surface area contributed by atoms with Crippen molar-refractivity contribution >= 4 is 11.7 Å². The Kier molecular flexibility index (Phi) is 6.46. The van der Waals surface area contributed by atoms with Crippen molar-refractivity contribution in [3.63, 3.8) is 0 Å². The van der Waals surface area contributed by atoms with Crippen LogP contribution in [0.1, 0.15) is 12.6 Å². The van der Waals surface area contributed by atoms with E-state index in [2.05, 4.69) is 9.98 Å². The van der Waals surface area contributed by atoms with Gasteiger partial charge in [0.05, 0.1) is 7.11 Å². The van der Waals surface area contributed by atoms with Crippen LogP contribution in [0.2, 0.25) is 0 Å². The molecule has 5 heteroatoms. The molecule has 1 heterocycles. The van der Waals surface area contributed by atoms with Gasteiger partial charge >= 0.3 is 0 Å². The van der Waals surface area contributed by atoms with E-state index in [1.54, 1.807) is 30.4 Å². The summed E-state index contributed by atoms with van der Waals surface area (Å²) in [6.07, 6.45) is 7.25. The van der Waals surface area contributed by atoms with Gasteiger partial charge in [0.1, 0.15) is 11.4 Å². The lowest BCUT2D eigenvalue weighted by Crippen LogP contribution is -2.10. The molecule has 1 N–H and O–H groups in total. The molecular formula is C19H19N3O2. The molecule has 1 aromatic carbocycles. The summed E-state index contributed by atoms with van der Waals surface area (Å²) in [4.78, 5) is 8.43. The van der Waals surface area contributed by atoms with Crippen LogP contribution in [-0.2, 0) is 0 Å². The summed E-state index contributed by atoms with van der Waals surface area (Å²) in [5, 5.41) is 8.14. The fraction of sp³-hybridized carbons (Fsp3) is 0.105. The Balaban J connectivity index is 2.26. The smallest absolute Gasteiger partial charge is 0.221 e. The number of para-hydroxylation sites is 1. The number of hydrogen-bond acceptors (Lipinski definition) is 4. The van der Waals surface area contributed by atoms with Gasteiger partial charge in [-0.05, 0) is 25.1 Å². The van der Waals surface area contributed by atoms with Gasteiger partial charge in [0.25, 0.3) is 0 Å². The molecule has 0 spiro atoms. The SMILES string of the molecule is C/C=C/C=C/C(=N\C(=N)c1cccc(OC)n1)Oc1ccccc1. The van der Waals surface area contributed by atoms with E-state index in [9.17, 15) is 0 Å². The number of nitrogens with zero attached hydrogens (tertiary/aromatic N) is 2. The number of aliphatic imine (C=N–C) groups is 1.